The van der Waals surface area contributed by atoms with Gasteiger partial charge < -0.3 is 0 Å². The van der Waals surface area contributed by atoms with Crippen molar-refractivity contribution >= 4 is 10.0 Å². The van der Waals surface area contributed by atoms with E-state index in [1.54, 1.807) is 24.3 Å². The van der Waals surface area contributed by atoms with Crippen molar-refractivity contribution in [3.63, 3.8) is 0 Å². The summed E-state index contributed by atoms with van der Waals surface area (Å²) in [4.78, 5) is 0.305. The van der Waals surface area contributed by atoms with Crippen LogP contribution in [-0.4, -0.2) is 14.5 Å². The molecule has 0 aromatic heterocycles. The SMILES string of the molecule is CC/C=C\[C@H](C)NS(=O)(=O)c1ccc(C)cc1. The minimum absolute atomic E-state index is 0.193. The Balaban J connectivity index is 2.82. The number of aryl methyl sites for hydroxylation is 1. The minimum atomic E-state index is -3.41. The van der Waals surface area contributed by atoms with Crippen molar-refractivity contribution < 1.29 is 8.42 Å². The quantitative estimate of drug-likeness (QED) is 0.820. The second kappa shape index (κ2) is 5.98. The highest BCUT2D eigenvalue weighted by atomic mass is 32.2. The molecule has 3 nitrogen and oxygen atoms in total. The van der Waals surface area contributed by atoms with Crippen molar-refractivity contribution in [1.29, 1.82) is 0 Å². The van der Waals surface area contributed by atoms with Crippen LogP contribution in [0.15, 0.2) is 41.3 Å². The third-order valence-electron chi connectivity index (χ3n) is 2.33. The normalized spacial score (nSPS) is 14.1. The van der Waals surface area contributed by atoms with Gasteiger partial charge in [0.15, 0.2) is 0 Å². The topological polar surface area (TPSA) is 46.2 Å². The molecule has 0 aliphatic heterocycles. The number of allylic oxidation sites excluding steroid dienone is 1. The molecule has 1 aromatic carbocycles. The average molecular weight is 253 g/mol. The lowest BCUT2D eigenvalue weighted by Crippen LogP contribution is -2.31. The van der Waals surface area contributed by atoms with E-state index in [9.17, 15) is 8.42 Å². The van der Waals surface area contributed by atoms with Gasteiger partial charge in [0, 0.05) is 6.04 Å². The highest BCUT2D eigenvalue weighted by Crippen LogP contribution is 2.10. The van der Waals surface area contributed by atoms with E-state index in [0.717, 1.165) is 12.0 Å². The van der Waals surface area contributed by atoms with Crippen LogP contribution in [0.2, 0.25) is 0 Å². The predicted molar refractivity (Wildman–Crippen MR) is 70.4 cm³/mol. The van der Waals surface area contributed by atoms with Crippen molar-refractivity contribution in [2.45, 2.75) is 38.1 Å². The van der Waals surface area contributed by atoms with Crippen molar-refractivity contribution in [3.8, 4) is 0 Å². The molecule has 0 aliphatic rings. The Kier molecular flexibility index (Phi) is 4.90. The fourth-order valence-corrected chi connectivity index (χ4v) is 2.61. The van der Waals surface area contributed by atoms with Crippen molar-refractivity contribution in [2.75, 3.05) is 0 Å². The van der Waals surface area contributed by atoms with E-state index in [4.69, 9.17) is 0 Å². The number of nitrogens with one attached hydrogen (secondary N) is 1. The van der Waals surface area contributed by atoms with Gasteiger partial charge in [0.1, 0.15) is 0 Å². The first-order chi connectivity index (χ1) is 7.95. The van der Waals surface area contributed by atoms with Gasteiger partial charge in [-0.15, -0.1) is 0 Å². The number of sulfonamides is 1. The summed E-state index contributed by atoms with van der Waals surface area (Å²) in [6.45, 7) is 5.76. The van der Waals surface area contributed by atoms with E-state index in [1.807, 2.05) is 32.9 Å². The van der Waals surface area contributed by atoms with Crippen LogP contribution in [-0.2, 0) is 10.0 Å². The highest BCUT2D eigenvalue weighted by Gasteiger charge is 2.15. The predicted octanol–water partition coefficient (Wildman–Crippen LogP) is 2.63. The smallest absolute Gasteiger partial charge is 0.207 e. The van der Waals surface area contributed by atoms with Crippen LogP contribution in [0.3, 0.4) is 0 Å². The molecule has 0 saturated heterocycles. The second-order valence-electron chi connectivity index (χ2n) is 4.06. The van der Waals surface area contributed by atoms with Gasteiger partial charge in [0.25, 0.3) is 0 Å². The average Bonchev–Trinajstić information content (AvgIpc) is 2.26. The van der Waals surface area contributed by atoms with E-state index in [1.165, 1.54) is 0 Å². The highest BCUT2D eigenvalue weighted by molar-refractivity contribution is 7.89. The molecular weight excluding hydrogens is 234 g/mol. The van der Waals surface area contributed by atoms with Gasteiger partial charge in [-0.2, -0.15) is 0 Å². The van der Waals surface area contributed by atoms with Crippen LogP contribution >= 0.6 is 0 Å². The lowest BCUT2D eigenvalue weighted by Gasteiger charge is -2.10. The molecule has 0 bridgehead atoms. The van der Waals surface area contributed by atoms with Crippen LogP contribution in [0.5, 0.6) is 0 Å². The first-order valence-corrected chi connectivity index (χ1v) is 7.19. The standard InChI is InChI=1S/C13H19NO2S/c1-4-5-6-12(3)14-17(15,16)13-9-7-11(2)8-10-13/h5-10,12,14H,4H2,1-3H3/b6-5-/t12-/m0/s1. The Morgan fingerprint density at radius 3 is 2.41 bits per heavy atom. The Morgan fingerprint density at radius 1 is 1.29 bits per heavy atom. The van der Waals surface area contributed by atoms with Gasteiger partial charge in [0.2, 0.25) is 10.0 Å². The van der Waals surface area contributed by atoms with E-state index in [-0.39, 0.29) is 6.04 Å². The van der Waals surface area contributed by atoms with E-state index >= 15 is 0 Å². The molecule has 0 radical (unpaired) electrons. The van der Waals surface area contributed by atoms with Gasteiger partial charge in [-0.3, -0.25) is 0 Å². The summed E-state index contributed by atoms with van der Waals surface area (Å²) in [6.07, 6.45) is 4.70. The van der Waals surface area contributed by atoms with E-state index < -0.39 is 10.0 Å². The summed E-state index contributed by atoms with van der Waals surface area (Å²) in [5.74, 6) is 0. The van der Waals surface area contributed by atoms with Crippen LogP contribution in [0, 0.1) is 6.92 Å². The molecule has 1 atom stereocenters. The Bertz CT molecular complexity index is 475. The molecule has 1 rings (SSSR count). The third kappa shape index (κ3) is 4.32. The summed E-state index contributed by atoms with van der Waals surface area (Å²) in [5.41, 5.74) is 1.04. The molecule has 4 heteroatoms. The lowest BCUT2D eigenvalue weighted by molar-refractivity contribution is 0.576. The van der Waals surface area contributed by atoms with Crippen molar-refractivity contribution in [1.82, 2.24) is 4.72 Å². The molecule has 0 aliphatic carbocycles. The van der Waals surface area contributed by atoms with Gasteiger partial charge in [-0.1, -0.05) is 36.8 Å². The van der Waals surface area contributed by atoms with Crippen LogP contribution in [0.25, 0.3) is 0 Å². The zero-order valence-electron chi connectivity index (χ0n) is 10.5. The van der Waals surface area contributed by atoms with Crippen LogP contribution in [0.4, 0.5) is 0 Å². The van der Waals surface area contributed by atoms with Gasteiger partial charge in [-0.25, -0.2) is 13.1 Å². The second-order valence-corrected chi connectivity index (χ2v) is 5.77. The van der Waals surface area contributed by atoms with E-state index in [2.05, 4.69) is 4.72 Å². The molecule has 0 heterocycles. The zero-order chi connectivity index (χ0) is 12.9. The maximum Gasteiger partial charge on any atom is 0.241 e. The Hall–Kier alpha value is -1.13. The number of hydrogen-bond donors (Lipinski definition) is 1. The molecule has 17 heavy (non-hydrogen) atoms. The monoisotopic (exact) mass is 253 g/mol. The molecule has 94 valence electrons. The summed E-state index contributed by atoms with van der Waals surface area (Å²) < 4.78 is 26.6. The van der Waals surface area contributed by atoms with Crippen LogP contribution < -0.4 is 4.72 Å². The molecule has 0 fully saturated rings. The summed E-state index contributed by atoms with van der Waals surface area (Å²) >= 11 is 0. The first kappa shape index (κ1) is 13.9. The summed E-state index contributed by atoms with van der Waals surface area (Å²) in [5, 5.41) is 0. The number of benzene rings is 1. The molecule has 0 unspecified atom stereocenters. The summed E-state index contributed by atoms with van der Waals surface area (Å²) in [7, 11) is -3.41. The number of rotatable bonds is 5. The molecule has 1 N–H and O–H groups in total. The van der Waals surface area contributed by atoms with Crippen molar-refractivity contribution in [3.05, 3.63) is 42.0 Å². The zero-order valence-corrected chi connectivity index (χ0v) is 11.3. The maximum absolute atomic E-state index is 12.0. The van der Waals surface area contributed by atoms with Crippen molar-refractivity contribution in [2.24, 2.45) is 0 Å². The molecule has 0 spiro atoms. The van der Waals surface area contributed by atoms with E-state index in [0.29, 0.717) is 4.90 Å². The largest absolute Gasteiger partial charge is 0.241 e. The Morgan fingerprint density at radius 2 is 1.88 bits per heavy atom. The summed E-state index contributed by atoms with van der Waals surface area (Å²) in [6, 6.07) is 6.63. The number of hydrogen-bond acceptors (Lipinski definition) is 2. The van der Waals surface area contributed by atoms with Crippen LogP contribution in [0.1, 0.15) is 25.8 Å². The third-order valence-corrected chi connectivity index (χ3v) is 3.91. The Labute approximate surface area is 104 Å². The first-order valence-electron chi connectivity index (χ1n) is 5.71. The molecule has 0 amide bonds. The van der Waals surface area contributed by atoms with Gasteiger partial charge >= 0.3 is 0 Å². The molecule has 1 aromatic rings. The fraction of sp³-hybridized carbons (Fsp3) is 0.385. The minimum Gasteiger partial charge on any atom is -0.207 e. The fourth-order valence-electron chi connectivity index (χ4n) is 1.41. The van der Waals surface area contributed by atoms with Gasteiger partial charge in [0.05, 0.1) is 4.90 Å². The van der Waals surface area contributed by atoms with Gasteiger partial charge in [-0.05, 0) is 32.4 Å². The maximum atomic E-state index is 12.0. The molecular formula is C13H19NO2S. The lowest BCUT2D eigenvalue weighted by atomic mass is 10.2. The molecule has 0 saturated carbocycles.